The van der Waals surface area contributed by atoms with Gasteiger partial charge in [0.2, 0.25) is 5.91 Å². The van der Waals surface area contributed by atoms with E-state index >= 15 is 0 Å². The van der Waals surface area contributed by atoms with E-state index in [2.05, 4.69) is 24.1 Å². The third-order valence-corrected chi connectivity index (χ3v) is 4.68. The van der Waals surface area contributed by atoms with E-state index < -0.39 is 0 Å². The highest BCUT2D eigenvalue weighted by molar-refractivity contribution is 5.84. The smallest absolute Gasteiger partial charge is 0.260 e. The maximum Gasteiger partial charge on any atom is 0.260 e. The summed E-state index contributed by atoms with van der Waals surface area (Å²) < 4.78 is 5.68. The second-order valence-electron chi connectivity index (χ2n) is 6.98. The molecule has 0 aliphatic carbocycles. The van der Waals surface area contributed by atoms with Gasteiger partial charge in [-0.3, -0.25) is 14.5 Å². The molecule has 2 rings (SSSR count). The van der Waals surface area contributed by atoms with E-state index in [1.54, 1.807) is 11.9 Å². The minimum Gasteiger partial charge on any atom is -0.484 e. The van der Waals surface area contributed by atoms with Gasteiger partial charge < -0.3 is 19.9 Å². The fraction of sp³-hybridized carbons (Fsp3) is 0.579. The van der Waals surface area contributed by atoms with E-state index in [-0.39, 0.29) is 30.5 Å². The number of piperazine rings is 1. The second kappa shape index (κ2) is 8.89. The van der Waals surface area contributed by atoms with Gasteiger partial charge in [0.25, 0.3) is 5.91 Å². The lowest BCUT2D eigenvalue weighted by Crippen LogP contribution is -2.61. The van der Waals surface area contributed by atoms with Gasteiger partial charge in [-0.25, -0.2) is 0 Å². The van der Waals surface area contributed by atoms with Crippen molar-refractivity contribution in [2.75, 3.05) is 52.3 Å². The van der Waals surface area contributed by atoms with Gasteiger partial charge in [-0.1, -0.05) is 6.07 Å². The summed E-state index contributed by atoms with van der Waals surface area (Å²) in [6.45, 7) is 5.77. The molecule has 0 bridgehead atoms. The van der Waals surface area contributed by atoms with Crippen molar-refractivity contribution in [1.29, 1.82) is 0 Å². The Morgan fingerprint density at radius 2 is 2.04 bits per heavy atom. The highest BCUT2D eigenvalue weighted by Gasteiger charge is 2.35. The van der Waals surface area contributed by atoms with Crippen molar-refractivity contribution < 1.29 is 14.3 Å². The number of carbonyl (C=O) groups excluding carboxylic acids is 2. The molecule has 1 saturated heterocycles. The number of anilines is 1. The summed E-state index contributed by atoms with van der Waals surface area (Å²) in [6, 6.07) is 7.54. The first-order valence-corrected chi connectivity index (χ1v) is 8.98. The molecule has 1 heterocycles. The summed E-state index contributed by atoms with van der Waals surface area (Å²) in [5.41, 5.74) is 1.01. The standard InChI is InChI=1S/C19H30N4O3/c1-14(2)23-10-9-22(12-17(23)19(25)20-3)18(24)13-26-16-8-6-7-15(11-16)21(4)5/h6-8,11,14,17H,9-10,12-13H2,1-5H3,(H,20,25). The molecule has 144 valence electrons. The van der Waals surface area contributed by atoms with E-state index in [0.717, 1.165) is 5.69 Å². The average Bonchev–Trinajstić information content (AvgIpc) is 2.65. The topological polar surface area (TPSA) is 65.1 Å². The van der Waals surface area contributed by atoms with E-state index in [1.165, 1.54) is 0 Å². The molecule has 7 heteroatoms. The molecule has 1 fully saturated rings. The summed E-state index contributed by atoms with van der Waals surface area (Å²) in [6.07, 6.45) is 0. The van der Waals surface area contributed by atoms with Crippen LogP contribution in [-0.2, 0) is 9.59 Å². The molecule has 1 N–H and O–H groups in total. The van der Waals surface area contributed by atoms with Crippen LogP contribution in [0.3, 0.4) is 0 Å². The Morgan fingerprint density at radius 3 is 2.65 bits per heavy atom. The number of nitrogens with zero attached hydrogens (tertiary/aromatic N) is 3. The molecule has 7 nitrogen and oxygen atoms in total. The van der Waals surface area contributed by atoms with Crippen LogP contribution < -0.4 is 15.0 Å². The molecule has 1 atom stereocenters. The number of ether oxygens (including phenoxy) is 1. The Kier molecular flexibility index (Phi) is 6.85. The maximum atomic E-state index is 12.6. The SMILES string of the molecule is CNC(=O)C1CN(C(=O)COc2cccc(N(C)C)c2)CCN1C(C)C. The third kappa shape index (κ3) is 4.88. The Labute approximate surface area is 155 Å². The van der Waals surface area contributed by atoms with Crippen molar-refractivity contribution in [1.82, 2.24) is 15.1 Å². The molecule has 1 aliphatic rings. The molecular formula is C19H30N4O3. The molecule has 0 radical (unpaired) electrons. The first-order valence-electron chi connectivity index (χ1n) is 8.98. The van der Waals surface area contributed by atoms with Crippen molar-refractivity contribution in [3.8, 4) is 5.75 Å². The maximum absolute atomic E-state index is 12.6. The van der Waals surface area contributed by atoms with Gasteiger partial charge in [-0.15, -0.1) is 0 Å². The van der Waals surface area contributed by atoms with Gasteiger partial charge in [0.1, 0.15) is 11.8 Å². The van der Waals surface area contributed by atoms with Gasteiger partial charge in [-0.05, 0) is 26.0 Å². The number of nitrogens with one attached hydrogen (secondary N) is 1. The summed E-state index contributed by atoms with van der Waals surface area (Å²) in [4.78, 5) is 30.6. The van der Waals surface area contributed by atoms with Gasteiger partial charge in [0, 0.05) is 58.6 Å². The van der Waals surface area contributed by atoms with Crippen LogP contribution in [0.5, 0.6) is 5.75 Å². The monoisotopic (exact) mass is 362 g/mol. The van der Waals surface area contributed by atoms with E-state index in [1.807, 2.05) is 43.3 Å². The van der Waals surface area contributed by atoms with E-state index in [0.29, 0.717) is 25.4 Å². The number of likely N-dealkylation sites (N-methyl/N-ethyl adjacent to an activating group) is 1. The van der Waals surface area contributed by atoms with Crippen LogP contribution in [0.4, 0.5) is 5.69 Å². The van der Waals surface area contributed by atoms with Crippen LogP contribution in [-0.4, -0.2) is 81.1 Å². The van der Waals surface area contributed by atoms with Crippen LogP contribution in [0.2, 0.25) is 0 Å². The third-order valence-electron chi connectivity index (χ3n) is 4.68. The van der Waals surface area contributed by atoms with Crippen LogP contribution in [0.25, 0.3) is 0 Å². The molecule has 0 saturated carbocycles. The average molecular weight is 362 g/mol. The van der Waals surface area contributed by atoms with Gasteiger partial charge in [0.05, 0.1) is 0 Å². The lowest BCUT2D eigenvalue weighted by atomic mass is 10.1. The van der Waals surface area contributed by atoms with Gasteiger partial charge >= 0.3 is 0 Å². The number of benzene rings is 1. The van der Waals surface area contributed by atoms with Crippen LogP contribution in [0, 0.1) is 0 Å². The Balaban J connectivity index is 1.97. The minimum absolute atomic E-state index is 0.0287. The van der Waals surface area contributed by atoms with Crippen molar-refractivity contribution in [2.45, 2.75) is 25.9 Å². The Morgan fingerprint density at radius 1 is 1.31 bits per heavy atom. The lowest BCUT2D eigenvalue weighted by Gasteiger charge is -2.42. The molecule has 1 aromatic rings. The van der Waals surface area contributed by atoms with Crippen LogP contribution >= 0.6 is 0 Å². The fourth-order valence-corrected chi connectivity index (χ4v) is 3.13. The first-order chi connectivity index (χ1) is 12.3. The molecule has 0 aromatic heterocycles. The predicted molar refractivity (Wildman–Crippen MR) is 103 cm³/mol. The predicted octanol–water partition coefficient (Wildman–Crippen LogP) is 0.799. The van der Waals surface area contributed by atoms with Gasteiger partial charge in [0.15, 0.2) is 6.61 Å². The number of hydrogen-bond donors (Lipinski definition) is 1. The van der Waals surface area contributed by atoms with Gasteiger partial charge in [-0.2, -0.15) is 0 Å². The van der Waals surface area contributed by atoms with E-state index in [9.17, 15) is 9.59 Å². The zero-order valence-electron chi connectivity index (χ0n) is 16.4. The molecule has 0 spiro atoms. The molecule has 2 amide bonds. The van der Waals surface area contributed by atoms with Crippen molar-refractivity contribution in [2.24, 2.45) is 0 Å². The second-order valence-corrected chi connectivity index (χ2v) is 6.98. The highest BCUT2D eigenvalue weighted by atomic mass is 16.5. The Bertz CT molecular complexity index is 633. The summed E-state index contributed by atoms with van der Waals surface area (Å²) in [5.74, 6) is 0.501. The van der Waals surface area contributed by atoms with E-state index in [4.69, 9.17) is 4.74 Å². The highest BCUT2D eigenvalue weighted by Crippen LogP contribution is 2.20. The quantitative estimate of drug-likeness (QED) is 0.811. The fourth-order valence-electron chi connectivity index (χ4n) is 3.13. The number of rotatable bonds is 6. The summed E-state index contributed by atoms with van der Waals surface area (Å²) in [7, 11) is 5.54. The zero-order chi connectivity index (χ0) is 19.3. The van der Waals surface area contributed by atoms with Crippen LogP contribution in [0.15, 0.2) is 24.3 Å². The molecule has 1 aliphatic heterocycles. The summed E-state index contributed by atoms with van der Waals surface area (Å²) >= 11 is 0. The van der Waals surface area contributed by atoms with Crippen molar-refractivity contribution in [3.05, 3.63) is 24.3 Å². The molecule has 1 aromatic carbocycles. The molecule has 26 heavy (non-hydrogen) atoms. The summed E-state index contributed by atoms with van der Waals surface area (Å²) in [5, 5.41) is 2.70. The largest absolute Gasteiger partial charge is 0.484 e. The lowest BCUT2D eigenvalue weighted by molar-refractivity contribution is -0.140. The normalized spacial score (nSPS) is 17.9. The number of hydrogen-bond acceptors (Lipinski definition) is 5. The molecular weight excluding hydrogens is 332 g/mol. The van der Waals surface area contributed by atoms with Crippen molar-refractivity contribution >= 4 is 17.5 Å². The molecule has 1 unspecified atom stereocenters. The zero-order valence-corrected chi connectivity index (χ0v) is 16.4. The van der Waals surface area contributed by atoms with Crippen LogP contribution in [0.1, 0.15) is 13.8 Å². The Hall–Kier alpha value is -2.28. The number of amides is 2. The minimum atomic E-state index is -0.324. The van der Waals surface area contributed by atoms with Crippen molar-refractivity contribution in [3.63, 3.8) is 0 Å². The number of carbonyl (C=O) groups is 2. The first kappa shape index (κ1) is 20.0.